The molecule has 0 bridgehead atoms. The Kier molecular flexibility index (Phi) is 5.26. The van der Waals surface area contributed by atoms with Gasteiger partial charge in [-0.05, 0) is 41.7 Å². The highest BCUT2D eigenvalue weighted by Gasteiger charge is 2.13. The summed E-state index contributed by atoms with van der Waals surface area (Å²) in [4.78, 5) is 19.5. The number of hydrogen-bond donors (Lipinski definition) is 2. The number of aromatic nitrogens is 2. The van der Waals surface area contributed by atoms with Crippen LogP contribution in [0.1, 0.15) is 39.2 Å². The Hall–Kier alpha value is -2.82. The normalized spacial score (nSPS) is 11.5. The summed E-state index contributed by atoms with van der Waals surface area (Å²) in [5.74, 6) is 1.24. The number of anilines is 1. The van der Waals surface area contributed by atoms with E-state index in [0.717, 1.165) is 16.8 Å². The number of carbonyl (C=O) groups excluding carboxylic acids is 1. The summed E-state index contributed by atoms with van der Waals surface area (Å²) in [6.07, 6.45) is 1.03. The average Bonchev–Trinajstić information content (AvgIpc) is 3.00. The van der Waals surface area contributed by atoms with Gasteiger partial charge in [0.05, 0.1) is 17.6 Å². The smallest absolute Gasteiger partial charge is 0.226 e. The minimum Gasteiger partial charge on any atom is -0.494 e. The minimum absolute atomic E-state index is 0.0734. The van der Waals surface area contributed by atoms with Gasteiger partial charge in [0.2, 0.25) is 11.9 Å². The molecule has 0 radical (unpaired) electrons. The molecule has 0 saturated carbocycles. The predicted molar refractivity (Wildman–Crippen MR) is 105 cm³/mol. The Balaban J connectivity index is 1.42. The average molecular weight is 351 g/mol. The van der Waals surface area contributed by atoms with E-state index in [0.29, 0.717) is 25.4 Å². The van der Waals surface area contributed by atoms with Gasteiger partial charge >= 0.3 is 0 Å². The maximum atomic E-state index is 12.0. The Labute approximate surface area is 153 Å². The molecule has 0 fully saturated rings. The zero-order chi connectivity index (χ0) is 18.6. The number of nitrogens with one attached hydrogen (secondary N) is 2. The van der Waals surface area contributed by atoms with Gasteiger partial charge < -0.3 is 9.72 Å². The van der Waals surface area contributed by atoms with Gasteiger partial charge in [0.25, 0.3) is 0 Å². The molecule has 0 atom stereocenters. The standard InChI is InChI=1S/C21H25N3O2/c1-21(2,3)15-10-12-16(13-11-15)26-14-6-9-19(25)24-20-22-17-7-4-5-8-18(17)23-20/h4-5,7-8,10-13H,6,9,14H2,1-3H3,(H2,22,23,24,25). The molecular weight excluding hydrogens is 326 g/mol. The van der Waals surface area contributed by atoms with Crippen LogP contribution in [0.3, 0.4) is 0 Å². The van der Waals surface area contributed by atoms with Crippen LogP contribution in [0, 0.1) is 0 Å². The molecule has 0 unspecified atom stereocenters. The molecule has 3 rings (SSSR count). The van der Waals surface area contributed by atoms with E-state index in [1.807, 2.05) is 36.4 Å². The van der Waals surface area contributed by atoms with Crippen molar-refractivity contribution in [3.05, 3.63) is 54.1 Å². The second-order valence-electron chi connectivity index (χ2n) is 7.38. The quantitative estimate of drug-likeness (QED) is 0.635. The van der Waals surface area contributed by atoms with Crippen LogP contribution in [0.25, 0.3) is 11.0 Å². The Bertz CT molecular complexity index is 843. The SMILES string of the molecule is CC(C)(C)c1ccc(OCCCC(=O)Nc2nc3ccccc3[nH]2)cc1. The minimum atomic E-state index is -0.0734. The van der Waals surface area contributed by atoms with E-state index in [9.17, 15) is 4.79 Å². The Morgan fingerprint density at radius 1 is 1.12 bits per heavy atom. The van der Waals surface area contributed by atoms with E-state index in [-0.39, 0.29) is 11.3 Å². The number of benzene rings is 2. The molecule has 5 heteroatoms. The molecule has 1 heterocycles. The van der Waals surface area contributed by atoms with Gasteiger partial charge in [-0.2, -0.15) is 0 Å². The van der Waals surface area contributed by atoms with Crippen molar-refractivity contribution in [2.24, 2.45) is 0 Å². The van der Waals surface area contributed by atoms with Gasteiger partial charge in [-0.25, -0.2) is 4.98 Å². The number of H-pyrrole nitrogens is 1. The number of para-hydroxylation sites is 2. The lowest BCUT2D eigenvalue weighted by atomic mass is 9.87. The lowest BCUT2D eigenvalue weighted by molar-refractivity contribution is -0.116. The lowest BCUT2D eigenvalue weighted by Crippen LogP contribution is -2.14. The van der Waals surface area contributed by atoms with E-state index in [1.54, 1.807) is 0 Å². The van der Waals surface area contributed by atoms with Gasteiger partial charge in [0, 0.05) is 6.42 Å². The van der Waals surface area contributed by atoms with Crippen molar-refractivity contribution in [1.82, 2.24) is 9.97 Å². The molecule has 0 aliphatic carbocycles. The zero-order valence-electron chi connectivity index (χ0n) is 15.5. The molecule has 0 aliphatic rings. The fourth-order valence-corrected chi connectivity index (χ4v) is 2.68. The zero-order valence-corrected chi connectivity index (χ0v) is 15.5. The monoisotopic (exact) mass is 351 g/mol. The van der Waals surface area contributed by atoms with Crippen molar-refractivity contribution in [2.75, 3.05) is 11.9 Å². The fraction of sp³-hybridized carbons (Fsp3) is 0.333. The summed E-state index contributed by atoms with van der Waals surface area (Å²) >= 11 is 0. The topological polar surface area (TPSA) is 67.0 Å². The van der Waals surface area contributed by atoms with Gasteiger partial charge in [0.1, 0.15) is 5.75 Å². The number of hydrogen-bond acceptors (Lipinski definition) is 3. The first-order valence-corrected chi connectivity index (χ1v) is 8.90. The van der Waals surface area contributed by atoms with Crippen LogP contribution < -0.4 is 10.1 Å². The first kappa shape index (κ1) is 18.0. The molecule has 26 heavy (non-hydrogen) atoms. The molecule has 1 aromatic heterocycles. The van der Waals surface area contributed by atoms with Crippen molar-refractivity contribution in [3.8, 4) is 5.75 Å². The number of fused-ring (bicyclic) bond motifs is 1. The number of imidazole rings is 1. The van der Waals surface area contributed by atoms with Gasteiger partial charge in [-0.3, -0.25) is 10.1 Å². The number of rotatable bonds is 6. The number of ether oxygens (including phenoxy) is 1. The largest absolute Gasteiger partial charge is 0.494 e. The highest BCUT2D eigenvalue weighted by Crippen LogP contribution is 2.24. The van der Waals surface area contributed by atoms with Gasteiger partial charge in [0.15, 0.2) is 0 Å². The summed E-state index contributed by atoms with van der Waals surface area (Å²) in [7, 11) is 0. The van der Waals surface area contributed by atoms with E-state index >= 15 is 0 Å². The van der Waals surface area contributed by atoms with Crippen molar-refractivity contribution in [1.29, 1.82) is 0 Å². The van der Waals surface area contributed by atoms with Gasteiger partial charge in [-0.1, -0.05) is 45.0 Å². The molecule has 0 saturated heterocycles. The molecule has 136 valence electrons. The number of carbonyl (C=O) groups is 1. The van der Waals surface area contributed by atoms with Crippen LogP contribution >= 0.6 is 0 Å². The number of aromatic amines is 1. The third kappa shape index (κ3) is 4.63. The molecule has 2 N–H and O–H groups in total. The summed E-state index contributed by atoms with van der Waals surface area (Å²) in [6.45, 7) is 7.05. The molecule has 5 nitrogen and oxygen atoms in total. The van der Waals surface area contributed by atoms with Crippen molar-refractivity contribution in [2.45, 2.75) is 39.0 Å². The van der Waals surface area contributed by atoms with Crippen molar-refractivity contribution < 1.29 is 9.53 Å². The van der Waals surface area contributed by atoms with Crippen LogP contribution in [0.4, 0.5) is 5.95 Å². The number of amides is 1. The van der Waals surface area contributed by atoms with E-state index in [1.165, 1.54) is 5.56 Å². The van der Waals surface area contributed by atoms with Crippen LogP contribution in [0.15, 0.2) is 48.5 Å². The summed E-state index contributed by atoms with van der Waals surface area (Å²) in [5.41, 5.74) is 3.15. The highest BCUT2D eigenvalue weighted by atomic mass is 16.5. The molecular formula is C21H25N3O2. The summed E-state index contributed by atoms with van der Waals surface area (Å²) in [6, 6.07) is 15.8. The van der Waals surface area contributed by atoms with Crippen LogP contribution in [-0.2, 0) is 10.2 Å². The molecule has 1 amide bonds. The maximum Gasteiger partial charge on any atom is 0.226 e. The molecule has 3 aromatic rings. The summed E-state index contributed by atoms with van der Waals surface area (Å²) in [5, 5.41) is 2.79. The third-order valence-corrected chi connectivity index (χ3v) is 4.18. The Morgan fingerprint density at radius 2 is 1.85 bits per heavy atom. The molecule has 0 spiro atoms. The Morgan fingerprint density at radius 3 is 2.54 bits per heavy atom. The fourth-order valence-electron chi connectivity index (χ4n) is 2.68. The first-order valence-electron chi connectivity index (χ1n) is 8.90. The molecule has 0 aliphatic heterocycles. The van der Waals surface area contributed by atoms with E-state index in [4.69, 9.17) is 4.74 Å². The summed E-state index contributed by atoms with van der Waals surface area (Å²) < 4.78 is 5.72. The van der Waals surface area contributed by atoms with Crippen LogP contribution in [-0.4, -0.2) is 22.5 Å². The second-order valence-corrected chi connectivity index (χ2v) is 7.38. The van der Waals surface area contributed by atoms with E-state index < -0.39 is 0 Å². The first-order chi connectivity index (χ1) is 12.4. The molecule has 2 aromatic carbocycles. The lowest BCUT2D eigenvalue weighted by Gasteiger charge is -2.19. The maximum absolute atomic E-state index is 12.0. The number of nitrogens with zero attached hydrogens (tertiary/aromatic N) is 1. The highest BCUT2D eigenvalue weighted by molar-refractivity contribution is 5.90. The van der Waals surface area contributed by atoms with Crippen molar-refractivity contribution >= 4 is 22.9 Å². The third-order valence-electron chi connectivity index (χ3n) is 4.18. The van der Waals surface area contributed by atoms with Crippen LogP contribution in [0.5, 0.6) is 5.75 Å². The second kappa shape index (κ2) is 7.60. The van der Waals surface area contributed by atoms with Gasteiger partial charge in [-0.15, -0.1) is 0 Å². The van der Waals surface area contributed by atoms with Crippen molar-refractivity contribution in [3.63, 3.8) is 0 Å². The van der Waals surface area contributed by atoms with E-state index in [2.05, 4.69) is 48.2 Å². The predicted octanol–water partition coefficient (Wildman–Crippen LogP) is 4.66. The van der Waals surface area contributed by atoms with Crippen LogP contribution in [0.2, 0.25) is 0 Å².